The average Bonchev–Trinajstić information content (AvgIpc) is 2.53. The molecule has 1 saturated carbocycles. The third-order valence-corrected chi connectivity index (χ3v) is 4.03. The van der Waals surface area contributed by atoms with Crippen molar-refractivity contribution in [3.8, 4) is 0 Å². The Bertz CT molecular complexity index is 535. The molecule has 22 heavy (non-hydrogen) atoms. The van der Waals surface area contributed by atoms with Crippen LogP contribution in [-0.2, 0) is 4.79 Å². The largest absolute Gasteiger partial charge is 0.396 e. The van der Waals surface area contributed by atoms with Crippen molar-refractivity contribution in [1.29, 1.82) is 0 Å². The number of aliphatic hydroxyl groups excluding tert-OH is 1. The number of rotatable bonds is 6. The Morgan fingerprint density at radius 3 is 2.77 bits per heavy atom. The molecule has 0 spiro atoms. The maximum atomic E-state index is 12.0. The van der Waals surface area contributed by atoms with Gasteiger partial charge >= 0.3 is 0 Å². The fraction of sp³-hybridized carbons (Fsp3) is 0.533. The first-order valence-corrected chi connectivity index (χ1v) is 7.49. The van der Waals surface area contributed by atoms with E-state index in [4.69, 9.17) is 0 Å². The lowest BCUT2D eigenvalue weighted by Gasteiger charge is -2.30. The maximum Gasteiger partial charge on any atom is 0.292 e. The van der Waals surface area contributed by atoms with Crippen LogP contribution in [0.2, 0.25) is 0 Å². The standard InChI is InChI=1S/C15H21N3O4/c19-10-11-5-1-2-6-12(11)17-15(20)9-16-13-7-3-4-8-14(13)18(21)22/h3-4,7-8,11-12,16,19H,1-2,5-6,9-10H2,(H,17,20). The van der Waals surface area contributed by atoms with E-state index in [0.717, 1.165) is 25.7 Å². The number of carbonyl (C=O) groups is 1. The third kappa shape index (κ3) is 4.17. The Morgan fingerprint density at radius 2 is 2.05 bits per heavy atom. The molecular formula is C15H21N3O4. The Labute approximate surface area is 128 Å². The van der Waals surface area contributed by atoms with E-state index in [2.05, 4.69) is 10.6 Å². The van der Waals surface area contributed by atoms with Crippen molar-refractivity contribution < 1.29 is 14.8 Å². The van der Waals surface area contributed by atoms with E-state index in [0.29, 0.717) is 5.69 Å². The molecule has 7 nitrogen and oxygen atoms in total. The van der Waals surface area contributed by atoms with Gasteiger partial charge in [0.05, 0.1) is 11.5 Å². The van der Waals surface area contributed by atoms with E-state index >= 15 is 0 Å². The minimum absolute atomic E-state index is 0.0150. The van der Waals surface area contributed by atoms with Gasteiger partial charge in [0, 0.05) is 24.6 Å². The van der Waals surface area contributed by atoms with E-state index in [1.165, 1.54) is 6.07 Å². The van der Waals surface area contributed by atoms with Crippen molar-refractivity contribution in [3.63, 3.8) is 0 Å². The van der Waals surface area contributed by atoms with Gasteiger partial charge in [-0.05, 0) is 18.9 Å². The van der Waals surface area contributed by atoms with Crippen LogP contribution in [-0.4, -0.2) is 35.1 Å². The quantitative estimate of drug-likeness (QED) is 0.548. The van der Waals surface area contributed by atoms with Crippen LogP contribution in [0.4, 0.5) is 11.4 Å². The summed E-state index contributed by atoms with van der Waals surface area (Å²) in [6.45, 7) is 0.0437. The first-order chi connectivity index (χ1) is 10.6. The van der Waals surface area contributed by atoms with Gasteiger partial charge in [0.1, 0.15) is 5.69 Å². The molecule has 0 heterocycles. The van der Waals surface area contributed by atoms with Crippen molar-refractivity contribution in [2.75, 3.05) is 18.5 Å². The minimum atomic E-state index is -0.483. The Balaban J connectivity index is 1.89. The molecule has 1 aliphatic rings. The zero-order chi connectivity index (χ0) is 15.9. The van der Waals surface area contributed by atoms with E-state index in [-0.39, 0.29) is 36.7 Å². The summed E-state index contributed by atoms with van der Waals surface area (Å²) >= 11 is 0. The van der Waals surface area contributed by atoms with Gasteiger partial charge in [0.2, 0.25) is 5.91 Å². The molecule has 0 saturated heterocycles. The summed E-state index contributed by atoms with van der Waals surface area (Å²) in [6.07, 6.45) is 3.90. The molecule has 1 aliphatic carbocycles. The highest BCUT2D eigenvalue weighted by atomic mass is 16.6. The van der Waals surface area contributed by atoms with Crippen LogP contribution in [0.15, 0.2) is 24.3 Å². The molecule has 0 bridgehead atoms. The van der Waals surface area contributed by atoms with Gasteiger partial charge in [-0.2, -0.15) is 0 Å². The highest BCUT2D eigenvalue weighted by Crippen LogP contribution is 2.24. The number of nitrogens with one attached hydrogen (secondary N) is 2. The van der Waals surface area contributed by atoms with Gasteiger partial charge in [-0.15, -0.1) is 0 Å². The molecule has 7 heteroatoms. The minimum Gasteiger partial charge on any atom is -0.396 e. The van der Waals surface area contributed by atoms with Gasteiger partial charge in [-0.1, -0.05) is 25.0 Å². The molecule has 0 radical (unpaired) electrons. The zero-order valence-corrected chi connectivity index (χ0v) is 12.3. The van der Waals surface area contributed by atoms with Crippen LogP contribution in [0.1, 0.15) is 25.7 Å². The molecule has 1 aromatic carbocycles. The third-order valence-electron chi connectivity index (χ3n) is 4.03. The van der Waals surface area contributed by atoms with Gasteiger partial charge in [0.15, 0.2) is 0 Å². The van der Waals surface area contributed by atoms with Crippen LogP contribution in [0, 0.1) is 16.0 Å². The normalized spacial score (nSPS) is 21.1. The highest BCUT2D eigenvalue weighted by Gasteiger charge is 2.25. The van der Waals surface area contributed by atoms with Gasteiger partial charge in [-0.25, -0.2) is 0 Å². The number of para-hydroxylation sites is 2. The average molecular weight is 307 g/mol. The molecule has 2 unspecified atom stereocenters. The van der Waals surface area contributed by atoms with Crippen LogP contribution in [0.3, 0.4) is 0 Å². The second-order valence-corrected chi connectivity index (χ2v) is 5.53. The molecule has 3 N–H and O–H groups in total. The SMILES string of the molecule is O=C(CNc1ccccc1[N+](=O)[O-])NC1CCCCC1CO. The summed E-state index contributed by atoms with van der Waals surface area (Å²) < 4.78 is 0. The van der Waals surface area contributed by atoms with Crippen molar-refractivity contribution >= 4 is 17.3 Å². The van der Waals surface area contributed by atoms with E-state index in [9.17, 15) is 20.0 Å². The Hall–Kier alpha value is -2.15. The van der Waals surface area contributed by atoms with Crippen LogP contribution >= 0.6 is 0 Å². The van der Waals surface area contributed by atoms with Crippen molar-refractivity contribution in [1.82, 2.24) is 5.32 Å². The number of nitro groups is 1. The lowest BCUT2D eigenvalue weighted by Crippen LogP contribution is -2.45. The summed E-state index contributed by atoms with van der Waals surface area (Å²) in [5.74, 6) is -0.118. The topological polar surface area (TPSA) is 104 Å². The summed E-state index contributed by atoms with van der Waals surface area (Å²) in [4.78, 5) is 22.4. The first-order valence-electron chi connectivity index (χ1n) is 7.49. The monoisotopic (exact) mass is 307 g/mol. The lowest BCUT2D eigenvalue weighted by atomic mass is 9.85. The smallest absolute Gasteiger partial charge is 0.292 e. The number of aliphatic hydroxyl groups is 1. The second-order valence-electron chi connectivity index (χ2n) is 5.53. The number of nitro benzene ring substituents is 1. The van der Waals surface area contributed by atoms with Crippen LogP contribution < -0.4 is 10.6 Å². The number of anilines is 1. The van der Waals surface area contributed by atoms with Crippen LogP contribution in [0.5, 0.6) is 0 Å². The zero-order valence-electron chi connectivity index (χ0n) is 12.3. The molecule has 2 atom stereocenters. The van der Waals surface area contributed by atoms with Gasteiger partial charge in [-0.3, -0.25) is 14.9 Å². The number of benzene rings is 1. The number of amides is 1. The number of hydrogen-bond donors (Lipinski definition) is 3. The molecule has 2 rings (SSSR count). The highest BCUT2D eigenvalue weighted by molar-refractivity contribution is 5.82. The predicted octanol–water partition coefficient (Wildman–Crippen LogP) is 1.67. The van der Waals surface area contributed by atoms with Crippen molar-refractivity contribution in [2.24, 2.45) is 5.92 Å². The molecular weight excluding hydrogens is 286 g/mol. The summed E-state index contributed by atoms with van der Waals surface area (Å²) in [5, 5.41) is 25.9. The van der Waals surface area contributed by atoms with Crippen LogP contribution in [0.25, 0.3) is 0 Å². The Kier molecular flexibility index (Phi) is 5.71. The summed E-state index contributed by atoms with van der Waals surface area (Å²) in [6, 6.07) is 6.21. The first kappa shape index (κ1) is 16.2. The fourth-order valence-corrected chi connectivity index (χ4v) is 2.83. The predicted molar refractivity (Wildman–Crippen MR) is 82.6 cm³/mol. The van der Waals surface area contributed by atoms with Crippen molar-refractivity contribution in [3.05, 3.63) is 34.4 Å². The Morgan fingerprint density at radius 1 is 1.32 bits per heavy atom. The lowest BCUT2D eigenvalue weighted by molar-refractivity contribution is -0.383. The number of carbonyl (C=O) groups excluding carboxylic acids is 1. The van der Waals surface area contributed by atoms with E-state index < -0.39 is 4.92 Å². The molecule has 1 aromatic rings. The van der Waals surface area contributed by atoms with E-state index in [1.54, 1.807) is 18.2 Å². The fourth-order valence-electron chi connectivity index (χ4n) is 2.83. The van der Waals surface area contributed by atoms with Gasteiger partial charge in [0.25, 0.3) is 5.69 Å². The summed E-state index contributed by atoms with van der Waals surface area (Å²) in [5.41, 5.74) is 0.270. The molecule has 1 fully saturated rings. The van der Waals surface area contributed by atoms with Crippen molar-refractivity contribution in [2.45, 2.75) is 31.7 Å². The number of hydrogen-bond acceptors (Lipinski definition) is 5. The van der Waals surface area contributed by atoms with E-state index in [1.807, 2.05) is 0 Å². The number of nitrogens with zero attached hydrogens (tertiary/aromatic N) is 1. The summed E-state index contributed by atoms with van der Waals surface area (Å²) in [7, 11) is 0. The van der Waals surface area contributed by atoms with Gasteiger partial charge < -0.3 is 15.7 Å². The molecule has 0 aromatic heterocycles. The molecule has 120 valence electrons. The molecule has 0 aliphatic heterocycles. The molecule has 1 amide bonds. The second kappa shape index (κ2) is 7.74. The maximum absolute atomic E-state index is 12.0.